The Morgan fingerprint density at radius 1 is 1.33 bits per heavy atom. The highest BCUT2D eigenvalue weighted by molar-refractivity contribution is 7.91. The second-order valence-corrected chi connectivity index (χ2v) is 9.70. The molecule has 0 saturated carbocycles. The van der Waals surface area contributed by atoms with Gasteiger partial charge in [0, 0.05) is 6.42 Å². The molecule has 1 aromatic carbocycles. The quantitative estimate of drug-likeness (QED) is 0.905. The number of carbonyl (C=O) groups excluding carboxylic acids is 1. The Balaban J connectivity index is 1.99. The number of hydrogen-bond donors (Lipinski definition) is 1. The first-order valence-corrected chi connectivity index (χ1v) is 9.93. The first-order valence-electron chi connectivity index (χ1n) is 8.10. The van der Waals surface area contributed by atoms with Crippen LogP contribution in [-0.2, 0) is 20.0 Å². The number of nitriles is 1. The van der Waals surface area contributed by atoms with Crippen LogP contribution in [0.4, 0.5) is 0 Å². The Bertz CT molecular complexity index is 740. The van der Waals surface area contributed by atoms with Gasteiger partial charge in [-0.15, -0.1) is 0 Å². The van der Waals surface area contributed by atoms with E-state index in [1.54, 1.807) is 0 Å². The van der Waals surface area contributed by atoms with E-state index in [-0.39, 0.29) is 35.2 Å². The highest BCUT2D eigenvalue weighted by atomic mass is 32.2. The predicted molar refractivity (Wildman–Crippen MR) is 93.0 cm³/mol. The molecule has 1 saturated heterocycles. The fourth-order valence-electron chi connectivity index (χ4n) is 2.88. The maximum Gasteiger partial charge on any atom is 0.221 e. The third-order valence-corrected chi connectivity index (χ3v) is 6.18. The summed E-state index contributed by atoms with van der Waals surface area (Å²) in [7, 11) is -2.99. The summed E-state index contributed by atoms with van der Waals surface area (Å²) in [5, 5.41) is 12.0. The molecule has 2 rings (SSSR count). The van der Waals surface area contributed by atoms with Crippen molar-refractivity contribution in [2.24, 2.45) is 5.92 Å². The summed E-state index contributed by atoms with van der Waals surface area (Å²) >= 11 is 0. The average Bonchev–Trinajstić information content (AvgIpc) is 2.83. The lowest BCUT2D eigenvalue weighted by atomic mass is 9.86. The van der Waals surface area contributed by atoms with Gasteiger partial charge in [0.1, 0.15) is 6.04 Å². The summed E-state index contributed by atoms with van der Waals surface area (Å²) in [6, 6.07) is 9.03. The molecule has 0 bridgehead atoms. The van der Waals surface area contributed by atoms with Gasteiger partial charge in [0.15, 0.2) is 9.84 Å². The predicted octanol–water partition coefficient (Wildman–Crippen LogP) is 2.49. The van der Waals surface area contributed by atoms with Crippen molar-refractivity contribution < 1.29 is 13.2 Å². The summed E-state index contributed by atoms with van der Waals surface area (Å²) < 4.78 is 22.9. The zero-order chi connectivity index (χ0) is 18.0. The Labute approximate surface area is 144 Å². The summed E-state index contributed by atoms with van der Waals surface area (Å²) in [6.07, 6.45) is 0.671. The van der Waals surface area contributed by atoms with E-state index in [2.05, 4.69) is 32.2 Å². The molecule has 1 amide bonds. The standard InChI is InChI=1S/C18H24N2O3S/c1-18(2,3)15-6-4-14(5-7-15)16(11-19)20-17(21)10-13-8-9-24(22,23)12-13/h4-7,13,16H,8-10,12H2,1-3H3,(H,20,21)/t13-,16-/m1/s1. The first kappa shape index (κ1) is 18.5. The van der Waals surface area contributed by atoms with Crippen molar-refractivity contribution in [1.29, 1.82) is 5.26 Å². The zero-order valence-electron chi connectivity index (χ0n) is 14.4. The van der Waals surface area contributed by atoms with Crippen molar-refractivity contribution in [3.8, 4) is 6.07 Å². The summed E-state index contributed by atoms with van der Waals surface area (Å²) in [5.74, 6) is -0.195. The van der Waals surface area contributed by atoms with Crippen molar-refractivity contribution in [3.05, 3.63) is 35.4 Å². The van der Waals surface area contributed by atoms with Crippen molar-refractivity contribution in [2.75, 3.05) is 11.5 Å². The van der Waals surface area contributed by atoms with Gasteiger partial charge >= 0.3 is 0 Å². The topological polar surface area (TPSA) is 87.0 Å². The van der Waals surface area contributed by atoms with E-state index in [0.717, 1.165) is 11.1 Å². The molecule has 1 aliphatic rings. The van der Waals surface area contributed by atoms with Crippen LogP contribution in [0.15, 0.2) is 24.3 Å². The maximum absolute atomic E-state index is 12.1. The van der Waals surface area contributed by atoms with E-state index in [9.17, 15) is 18.5 Å². The number of nitrogens with zero attached hydrogens (tertiary/aromatic N) is 1. The number of nitrogens with one attached hydrogen (secondary N) is 1. The molecule has 130 valence electrons. The van der Waals surface area contributed by atoms with Gasteiger partial charge in [-0.05, 0) is 28.9 Å². The van der Waals surface area contributed by atoms with Crippen molar-refractivity contribution >= 4 is 15.7 Å². The lowest BCUT2D eigenvalue weighted by Crippen LogP contribution is -2.29. The van der Waals surface area contributed by atoms with E-state index in [4.69, 9.17) is 0 Å². The minimum atomic E-state index is -2.99. The van der Waals surface area contributed by atoms with E-state index >= 15 is 0 Å². The number of amides is 1. The van der Waals surface area contributed by atoms with Crippen LogP contribution in [0.25, 0.3) is 0 Å². The molecule has 5 nitrogen and oxygen atoms in total. The maximum atomic E-state index is 12.1. The van der Waals surface area contributed by atoms with Crippen LogP contribution in [-0.4, -0.2) is 25.8 Å². The molecule has 0 radical (unpaired) electrons. The lowest BCUT2D eigenvalue weighted by Gasteiger charge is -2.20. The SMILES string of the molecule is CC(C)(C)c1ccc([C@@H](C#N)NC(=O)C[C@H]2CCS(=O)(=O)C2)cc1. The van der Waals surface area contributed by atoms with Crippen molar-refractivity contribution in [3.63, 3.8) is 0 Å². The molecule has 0 aromatic heterocycles. The summed E-state index contributed by atoms with van der Waals surface area (Å²) in [5.41, 5.74) is 1.92. The van der Waals surface area contributed by atoms with Crippen LogP contribution >= 0.6 is 0 Å². The summed E-state index contributed by atoms with van der Waals surface area (Å²) in [6.45, 7) is 6.34. The molecule has 0 unspecified atom stereocenters. The zero-order valence-corrected chi connectivity index (χ0v) is 15.2. The van der Waals surface area contributed by atoms with Gasteiger partial charge in [-0.25, -0.2) is 8.42 Å². The highest BCUT2D eigenvalue weighted by Gasteiger charge is 2.30. The minimum Gasteiger partial charge on any atom is -0.337 e. The lowest BCUT2D eigenvalue weighted by molar-refractivity contribution is -0.122. The van der Waals surface area contributed by atoms with Gasteiger partial charge in [-0.2, -0.15) is 5.26 Å². The van der Waals surface area contributed by atoms with Crippen LogP contribution in [0.5, 0.6) is 0 Å². The second-order valence-electron chi connectivity index (χ2n) is 7.47. The molecule has 0 aliphatic carbocycles. The molecule has 1 fully saturated rings. The van der Waals surface area contributed by atoms with Crippen molar-refractivity contribution in [2.45, 2.75) is 45.1 Å². The second kappa shape index (κ2) is 6.94. The fourth-order valence-corrected chi connectivity index (χ4v) is 4.74. The van der Waals surface area contributed by atoms with Gasteiger partial charge in [0.2, 0.25) is 5.91 Å². The molecule has 1 aromatic rings. The molecule has 24 heavy (non-hydrogen) atoms. The van der Waals surface area contributed by atoms with E-state index < -0.39 is 15.9 Å². The molecule has 6 heteroatoms. The number of benzene rings is 1. The van der Waals surface area contributed by atoms with Gasteiger partial charge in [0.25, 0.3) is 0 Å². The Kier molecular flexibility index (Phi) is 5.34. The van der Waals surface area contributed by atoms with E-state index in [0.29, 0.717) is 6.42 Å². The monoisotopic (exact) mass is 348 g/mol. The minimum absolute atomic E-state index is 0.0257. The molecule has 1 N–H and O–H groups in total. The number of sulfone groups is 1. The molecular formula is C18H24N2O3S. The fraction of sp³-hybridized carbons (Fsp3) is 0.556. The Morgan fingerprint density at radius 3 is 2.42 bits per heavy atom. The smallest absolute Gasteiger partial charge is 0.221 e. The normalized spacial score (nSPS) is 21.0. The molecule has 0 spiro atoms. The first-order chi connectivity index (χ1) is 11.1. The largest absolute Gasteiger partial charge is 0.337 e. The van der Waals surface area contributed by atoms with Gasteiger partial charge < -0.3 is 5.32 Å². The van der Waals surface area contributed by atoms with Gasteiger partial charge in [0.05, 0.1) is 17.6 Å². The van der Waals surface area contributed by atoms with Gasteiger partial charge in [-0.3, -0.25) is 4.79 Å². The van der Waals surface area contributed by atoms with Crippen LogP contribution in [0.1, 0.15) is 50.8 Å². The van der Waals surface area contributed by atoms with Crippen LogP contribution in [0.2, 0.25) is 0 Å². The van der Waals surface area contributed by atoms with Gasteiger partial charge in [-0.1, -0.05) is 45.0 Å². The van der Waals surface area contributed by atoms with E-state index in [1.807, 2.05) is 24.3 Å². The molecule has 1 heterocycles. The number of rotatable bonds is 4. The Hall–Kier alpha value is -1.87. The van der Waals surface area contributed by atoms with Crippen LogP contribution in [0.3, 0.4) is 0 Å². The number of carbonyl (C=O) groups is 1. The molecule has 2 atom stereocenters. The van der Waals surface area contributed by atoms with E-state index in [1.165, 1.54) is 0 Å². The average molecular weight is 348 g/mol. The third kappa shape index (κ3) is 4.81. The molecular weight excluding hydrogens is 324 g/mol. The number of hydrogen-bond acceptors (Lipinski definition) is 4. The van der Waals surface area contributed by atoms with Crippen molar-refractivity contribution in [1.82, 2.24) is 5.32 Å². The third-order valence-electron chi connectivity index (χ3n) is 4.35. The molecule has 1 aliphatic heterocycles. The highest BCUT2D eigenvalue weighted by Crippen LogP contribution is 2.25. The Morgan fingerprint density at radius 2 is 1.96 bits per heavy atom. The summed E-state index contributed by atoms with van der Waals surface area (Å²) in [4.78, 5) is 12.1. The van der Waals surface area contributed by atoms with Crippen LogP contribution < -0.4 is 5.32 Å². The van der Waals surface area contributed by atoms with Crippen LogP contribution in [0, 0.1) is 17.2 Å².